The molecule has 0 saturated carbocycles. The topological polar surface area (TPSA) is 40.5 Å². The summed E-state index contributed by atoms with van der Waals surface area (Å²) < 4.78 is 0. The van der Waals surface area contributed by atoms with Gasteiger partial charge >= 0.3 is 5.97 Å². The maximum Gasteiger partial charge on any atom is 0.303 e. The summed E-state index contributed by atoms with van der Waals surface area (Å²) in [6.07, 6.45) is 6.13. The lowest BCUT2D eigenvalue weighted by Gasteiger charge is -2.28. The van der Waals surface area contributed by atoms with E-state index in [9.17, 15) is 4.79 Å². The van der Waals surface area contributed by atoms with Crippen LogP contribution >= 0.6 is 0 Å². The average Bonchev–Trinajstić information content (AvgIpc) is 2.36. The number of hydrogen-bond acceptors (Lipinski definition) is 2. The molecule has 3 nitrogen and oxygen atoms in total. The molecule has 1 rings (SSSR count). The van der Waals surface area contributed by atoms with Crippen molar-refractivity contribution in [2.75, 3.05) is 13.1 Å². The Bertz CT molecular complexity index is 218. The summed E-state index contributed by atoms with van der Waals surface area (Å²) in [6.45, 7) is 6.88. The number of likely N-dealkylation sites (tertiary alicyclic amines) is 1. The van der Waals surface area contributed by atoms with E-state index in [2.05, 4.69) is 18.7 Å². The fraction of sp³-hybridized carbons (Fsp3) is 0.923. The lowest BCUT2D eigenvalue weighted by molar-refractivity contribution is -0.137. The van der Waals surface area contributed by atoms with Crippen molar-refractivity contribution in [2.24, 2.45) is 5.92 Å². The lowest BCUT2D eigenvalue weighted by Crippen LogP contribution is -2.35. The maximum atomic E-state index is 10.4. The predicted octanol–water partition coefficient (Wildman–Crippen LogP) is 2.75. The van der Waals surface area contributed by atoms with Gasteiger partial charge in [0.05, 0.1) is 0 Å². The van der Waals surface area contributed by atoms with Crippen LogP contribution in [0.1, 0.15) is 52.4 Å². The molecule has 1 aliphatic rings. The number of aliphatic carboxylic acids is 1. The molecular formula is C13H25NO2. The molecule has 0 amide bonds. The number of carbonyl (C=O) groups is 1. The maximum absolute atomic E-state index is 10.4. The molecule has 0 spiro atoms. The number of carboxylic acids is 1. The Morgan fingerprint density at radius 3 is 2.75 bits per heavy atom. The van der Waals surface area contributed by atoms with E-state index in [0.717, 1.165) is 25.3 Å². The first-order chi connectivity index (χ1) is 7.59. The number of carboxylic acid groups (broad SMARTS) is 1. The Labute approximate surface area is 98.8 Å². The first-order valence-electron chi connectivity index (χ1n) is 6.55. The SMILES string of the molecule is CC1CCCC(C)N(CCCCC(=O)O)C1. The van der Waals surface area contributed by atoms with Gasteiger partial charge in [-0.25, -0.2) is 0 Å². The highest BCUT2D eigenvalue weighted by molar-refractivity contribution is 5.66. The van der Waals surface area contributed by atoms with Gasteiger partial charge in [-0.1, -0.05) is 13.3 Å². The molecule has 16 heavy (non-hydrogen) atoms. The second-order valence-corrected chi connectivity index (χ2v) is 5.23. The molecule has 2 unspecified atom stereocenters. The van der Waals surface area contributed by atoms with E-state index >= 15 is 0 Å². The van der Waals surface area contributed by atoms with Crippen LogP contribution in [-0.4, -0.2) is 35.1 Å². The molecule has 0 aliphatic carbocycles. The highest BCUT2D eigenvalue weighted by Gasteiger charge is 2.19. The lowest BCUT2D eigenvalue weighted by atomic mass is 10.1. The number of hydrogen-bond donors (Lipinski definition) is 1. The van der Waals surface area contributed by atoms with Crippen LogP contribution in [0.25, 0.3) is 0 Å². The van der Waals surface area contributed by atoms with E-state index in [4.69, 9.17) is 5.11 Å². The highest BCUT2D eigenvalue weighted by atomic mass is 16.4. The summed E-state index contributed by atoms with van der Waals surface area (Å²) in [7, 11) is 0. The van der Waals surface area contributed by atoms with Crippen molar-refractivity contribution in [3.63, 3.8) is 0 Å². The van der Waals surface area contributed by atoms with Crippen molar-refractivity contribution in [1.82, 2.24) is 4.90 Å². The Morgan fingerprint density at radius 2 is 2.06 bits per heavy atom. The summed E-state index contributed by atoms with van der Waals surface area (Å²) in [6, 6.07) is 0.676. The molecule has 1 saturated heterocycles. The van der Waals surface area contributed by atoms with Crippen LogP contribution in [0.2, 0.25) is 0 Å². The van der Waals surface area contributed by atoms with E-state index in [-0.39, 0.29) is 0 Å². The van der Waals surface area contributed by atoms with E-state index in [1.54, 1.807) is 0 Å². The van der Waals surface area contributed by atoms with E-state index in [0.29, 0.717) is 12.5 Å². The first-order valence-corrected chi connectivity index (χ1v) is 6.55. The predicted molar refractivity (Wildman–Crippen MR) is 65.5 cm³/mol. The molecule has 3 heteroatoms. The van der Waals surface area contributed by atoms with Crippen molar-refractivity contribution in [3.8, 4) is 0 Å². The highest BCUT2D eigenvalue weighted by Crippen LogP contribution is 2.20. The molecule has 1 fully saturated rings. The van der Waals surface area contributed by atoms with Crippen molar-refractivity contribution in [1.29, 1.82) is 0 Å². The molecule has 0 bridgehead atoms. The van der Waals surface area contributed by atoms with Gasteiger partial charge in [0, 0.05) is 19.0 Å². The molecular weight excluding hydrogens is 202 g/mol. The summed E-state index contributed by atoms with van der Waals surface area (Å²) in [5, 5.41) is 8.58. The minimum absolute atomic E-state index is 0.317. The minimum Gasteiger partial charge on any atom is -0.481 e. The Hall–Kier alpha value is -0.570. The molecule has 1 aliphatic heterocycles. The van der Waals surface area contributed by atoms with Crippen LogP contribution in [-0.2, 0) is 4.79 Å². The molecule has 94 valence electrons. The summed E-state index contributed by atoms with van der Waals surface area (Å²) >= 11 is 0. The molecule has 0 radical (unpaired) electrons. The van der Waals surface area contributed by atoms with Gasteiger partial charge in [0.15, 0.2) is 0 Å². The Balaban J connectivity index is 2.24. The third-order valence-corrected chi connectivity index (χ3v) is 3.57. The van der Waals surface area contributed by atoms with Gasteiger partial charge < -0.3 is 10.0 Å². The van der Waals surface area contributed by atoms with E-state index in [1.165, 1.54) is 25.8 Å². The van der Waals surface area contributed by atoms with E-state index in [1.807, 2.05) is 0 Å². The Kier molecular flexibility index (Phi) is 5.81. The van der Waals surface area contributed by atoms with E-state index < -0.39 is 5.97 Å². The van der Waals surface area contributed by atoms with Gasteiger partial charge in [0.1, 0.15) is 0 Å². The van der Waals surface area contributed by atoms with Crippen LogP contribution in [0.15, 0.2) is 0 Å². The number of rotatable bonds is 5. The van der Waals surface area contributed by atoms with Gasteiger partial charge in [-0.15, -0.1) is 0 Å². The van der Waals surface area contributed by atoms with Gasteiger partial charge in [0.25, 0.3) is 0 Å². The van der Waals surface area contributed by atoms with Crippen LogP contribution in [0.4, 0.5) is 0 Å². The van der Waals surface area contributed by atoms with Crippen molar-refractivity contribution in [2.45, 2.75) is 58.4 Å². The number of nitrogens with zero attached hydrogens (tertiary/aromatic N) is 1. The zero-order chi connectivity index (χ0) is 12.0. The second kappa shape index (κ2) is 6.89. The monoisotopic (exact) mass is 227 g/mol. The second-order valence-electron chi connectivity index (χ2n) is 5.23. The minimum atomic E-state index is -0.669. The van der Waals surface area contributed by atoms with Crippen LogP contribution in [0.5, 0.6) is 0 Å². The quantitative estimate of drug-likeness (QED) is 0.734. The van der Waals surface area contributed by atoms with Gasteiger partial charge in [-0.2, -0.15) is 0 Å². The fourth-order valence-electron chi connectivity index (χ4n) is 2.52. The molecule has 2 atom stereocenters. The molecule has 0 aromatic heterocycles. The first kappa shape index (κ1) is 13.5. The zero-order valence-corrected chi connectivity index (χ0v) is 10.6. The fourth-order valence-corrected chi connectivity index (χ4v) is 2.52. The average molecular weight is 227 g/mol. The van der Waals surface area contributed by atoms with Crippen molar-refractivity contribution >= 4 is 5.97 Å². The third kappa shape index (κ3) is 4.97. The molecule has 1 heterocycles. The molecule has 0 aromatic rings. The summed E-state index contributed by atoms with van der Waals surface area (Å²) in [5.74, 6) is 0.127. The molecule has 1 N–H and O–H groups in total. The summed E-state index contributed by atoms with van der Waals surface area (Å²) in [4.78, 5) is 12.9. The third-order valence-electron chi connectivity index (χ3n) is 3.57. The number of unbranched alkanes of at least 4 members (excludes halogenated alkanes) is 1. The summed E-state index contributed by atoms with van der Waals surface area (Å²) in [5.41, 5.74) is 0. The van der Waals surface area contributed by atoms with Crippen LogP contribution in [0.3, 0.4) is 0 Å². The van der Waals surface area contributed by atoms with Gasteiger partial charge in [-0.3, -0.25) is 4.79 Å². The van der Waals surface area contributed by atoms with Crippen LogP contribution in [0, 0.1) is 5.92 Å². The van der Waals surface area contributed by atoms with Crippen molar-refractivity contribution < 1.29 is 9.90 Å². The van der Waals surface area contributed by atoms with Crippen molar-refractivity contribution in [3.05, 3.63) is 0 Å². The normalized spacial score (nSPS) is 27.6. The van der Waals surface area contributed by atoms with Gasteiger partial charge in [-0.05, 0) is 45.1 Å². The smallest absolute Gasteiger partial charge is 0.303 e. The Morgan fingerprint density at radius 1 is 1.31 bits per heavy atom. The molecule has 0 aromatic carbocycles. The van der Waals surface area contributed by atoms with Gasteiger partial charge in [0.2, 0.25) is 0 Å². The zero-order valence-electron chi connectivity index (χ0n) is 10.6. The standard InChI is InChI=1S/C13H25NO2/c1-11-6-5-7-12(2)14(10-11)9-4-3-8-13(15)16/h11-12H,3-10H2,1-2H3,(H,15,16). The van der Waals surface area contributed by atoms with Crippen LogP contribution < -0.4 is 0 Å². The largest absolute Gasteiger partial charge is 0.481 e.